The van der Waals surface area contributed by atoms with E-state index in [2.05, 4.69) is 40.0 Å². The van der Waals surface area contributed by atoms with Gasteiger partial charge in [-0.25, -0.2) is 8.78 Å². The summed E-state index contributed by atoms with van der Waals surface area (Å²) in [7, 11) is 0. The van der Waals surface area contributed by atoms with Crippen LogP contribution in [0, 0.1) is 17.6 Å². The summed E-state index contributed by atoms with van der Waals surface area (Å²) < 4.78 is 29.3. The second-order valence-corrected chi connectivity index (χ2v) is 6.70. The van der Waals surface area contributed by atoms with E-state index in [0.717, 1.165) is 39.0 Å². The van der Waals surface area contributed by atoms with Crippen LogP contribution in [0.3, 0.4) is 0 Å². The molecule has 0 saturated carbocycles. The minimum atomic E-state index is -0.451. The van der Waals surface area contributed by atoms with Crippen LogP contribution < -0.4 is 5.32 Å². The Bertz CT molecular complexity index is 458. The summed E-state index contributed by atoms with van der Waals surface area (Å²) in [4.78, 5) is 2.21. The molecule has 1 saturated heterocycles. The van der Waals surface area contributed by atoms with Gasteiger partial charge in [0.15, 0.2) is 0 Å². The number of hydrogen-bond donors (Lipinski definition) is 1. The Morgan fingerprint density at radius 1 is 1.23 bits per heavy atom. The van der Waals surface area contributed by atoms with Crippen LogP contribution in [-0.4, -0.2) is 31.1 Å². The molecule has 0 bridgehead atoms. The van der Waals surface area contributed by atoms with Crippen molar-refractivity contribution in [3.8, 4) is 0 Å². The minimum absolute atomic E-state index is 0. The van der Waals surface area contributed by atoms with E-state index >= 15 is 0 Å². The second-order valence-electron chi connectivity index (χ2n) is 5.78. The molecule has 1 aliphatic heterocycles. The largest absolute Gasteiger partial charge is 0.314 e. The SMILES string of the molecule is CCCC(C)[C@@H](c1c(F)cc(Br)cc1F)N1CCNCC1.Cl. The van der Waals surface area contributed by atoms with Crippen LogP contribution in [0.4, 0.5) is 8.78 Å². The van der Waals surface area contributed by atoms with E-state index < -0.39 is 11.6 Å². The van der Waals surface area contributed by atoms with Gasteiger partial charge in [-0.3, -0.25) is 4.90 Å². The van der Waals surface area contributed by atoms with Crippen molar-refractivity contribution in [1.82, 2.24) is 10.2 Å². The van der Waals surface area contributed by atoms with Crippen LogP contribution in [0.5, 0.6) is 0 Å². The molecule has 2 rings (SSSR count). The van der Waals surface area contributed by atoms with Crippen molar-refractivity contribution in [2.24, 2.45) is 5.92 Å². The zero-order valence-electron chi connectivity index (χ0n) is 13.0. The Morgan fingerprint density at radius 3 is 2.27 bits per heavy atom. The number of nitrogens with one attached hydrogen (secondary N) is 1. The number of rotatable bonds is 5. The molecule has 1 N–H and O–H groups in total. The van der Waals surface area contributed by atoms with Crippen molar-refractivity contribution in [1.29, 1.82) is 0 Å². The molecule has 1 aromatic carbocycles. The van der Waals surface area contributed by atoms with Gasteiger partial charge in [-0.15, -0.1) is 12.4 Å². The number of hydrogen-bond acceptors (Lipinski definition) is 2. The molecule has 2 nitrogen and oxygen atoms in total. The van der Waals surface area contributed by atoms with Gasteiger partial charge in [-0.2, -0.15) is 0 Å². The van der Waals surface area contributed by atoms with Gasteiger partial charge in [-0.05, 0) is 24.5 Å². The van der Waals surface area contributed by atoms with Crippen LogP contribution in [0.25, 0.3) is 0 Å². The lowest BCUT2D eigenvalue weighted by Gasteiger charge is -2.39. The van der Waals surface area contributed by atoms with E-state index in [1.165, 1.54) is 12.1 Å². The summed E-state index contributed by atoms with van der Waals surface area (Å²) in [5.41, 5.74) is 0.223. The van der Waals surface area contributed by atoms with E-state index in [-0.39, 0.29) is 29.9 Å². The maximum absolute atomic E-state index is 14.4. The van der Waals surface area contributed by atoms with Gasteiger partial charge in [0.05, 0.1) is 0 Å². The average molecular weight is 398 g/mol. The number of nitrogens with zero attached hydrogens (tertiary/aromatic N) is 1. The molecular weight excluding hydrogens is 374 g/mol. The summed E-state index contributed by atoms with van der Waals surface area (Å²) in [6.07, 6.45) is 1.98. The highest BCUT2D eigenvalue weighted by atomic mass is 79.9. The monoisotopic (exact) mass is 396 g/mol. The Balaban J connectivity index is 0.00000242. The summed E-state index contributed by atoms with van der Waals surface area (Å²) in [6, 6.07) is 2.54. The van der Waals surface area contributed by atoms with E-state index in [9.17, 15) is 8.78 Å². The molecular formula is C16H24BrClF2N2. The van der Waals surface area contributed by atoms with Crippen molar-refractivity contribution in [2.75, 3.05) is 26.2 Å². The highest BCUT2D eigenvalue weighted by Gasteiger charge is 2.31. The first kappa shape index (κ1) is 19.8. The standard InChI is InChI=1S/C16H23BrF2N2.ClH/c1-3-4-11(2)16(21-7-5-20-6-8-21)15-13(18)9-12(17)10-14(15)19;/h9-11,16,20H,3-8H2,1-2H3;1H/t11?,16-;/m0./s1. The van der Waals surface area contributed by atoms with Crippen LogP contribution in [0.15, 0.2) is 16.6 Å². The molecule has 1 heterocycles. The molecule has 1 fully saturated rings. The van der Waals surface area contributed by atoms with E-state index in [1.54, 1.807) is 0 Å². The van der Waals surface area contributed by atoms with Crippen LogP contribution in [-0.2, 0) is 0 Å². The third kappa shape index (κ3) is 4.63. The lowest BCUT2D eigenvalue weighted by molar-refractivity contribution is 0.120. The summed E-state index contributed by atoms with van der Waals surface area (Å²) in [5.74, 6) is -0.681. The molecule has 0 aliphatic carbocycles. The van der Waals surface area contributed by atoms with Crippen molar-refractivity contribution < 1.29 is 8.78 Å². The first-order valence-corrected chi connectivity index (χ1v) is 8.43. The van der Waals surface area contributed by atoms with Gasteiger partial charge in [0.25, 0.3) is 0 Å². The summed E-state index contributed by atoms with van der Waals surface area (Å²) >= 11 is 3.16. The van der Waals surface area contributed by atoms with Gasteiger partial charge >= 0.3 is 0 Å². The Morgan fingerprint density at radius 2 is 1.77 bits per heavy atom. The van der Waals surface area contributed by atoms with E-state index in [4.69, 9.17) is 0 Å². The predicted molar refractivity (Wildman–Crippen MR) is 92.6 cm³/mol. The normalized spacial score (nSPS) is 18.6. The van der Waals surface area contributed by atoms with Crippen molar-refractivity contribution in [2.45, 2.75) is 32.7 Å². The Labute approximate surface area is 146 Å². The number of halogens is 4. The molecule has 2 atom stereocenters. The highest BCUT2D eigenvalue weighted by Crippen LogP contribution is 2.36. The second kappa shape index (κ2) is 9.16. The molecule has 126 valence electrons. The molecule has 1 aliphatic rings. The molecule has 1 aromatic rings. The summed E-state index contributed by atoms with van der Waals surface area (Å²) in [5, 5.41) is 3.29. The summed E-state index contributed by atoms with van der Waals surface area (Å²) in [6.45, 7) is 7.60. The number of benzene rings is 1. The van der Waals surface area contributed by atoms with Crippen LogP contribution in [0.1, 0.15) is 38.3 Å². The van der Waals surface area contributed by atoms with Gasteiger partial charge in [-0.1, -0.05) is 36.2 Å². The lowest BCUT2D eigenvalue weighted by Crippen LogP contribution is -2.47. The van der Waals surface area contributed by atoms with Gasteiger partial charge < -0.3 is 5.32 Å². The van der Waals surface area contributed by atoms with Crippen molar-refractivity contribution in [3.05, 3.63) is 33.8 Å². The third-order valence-corrected chi connectivity index (χ3v) is 4.63. The fourth-order valence-electron chi connectivity index (χ4n) is 3.24. The van der Waals surface area contributed by atoms with Crippen molar-refractivity contribution in [3.63, 3.8) is 0 Å². The van der Waals surface area contributed by atoms with Gasteiger partial charge in [0, 0.05) is 42.3 Å². The first-order valence-electron chi connectivity index (χ1n) is 7.63. The predicted octanol–water partition coefficient (Wildman–Crippen LogP) is 4.53. The number of piperazine rings is 1. The zero-order valence-corrected chi connectivity index (χ0v) is 15.4. The fourth-order valence-corrected chi connectivity index (χ4v) is 3.64. The molecule has 1 unspecified atom stereocenters. The minimum Gasteiger partial charge on any atom is -0.314 e. The zero-order chi connectivity index (χ0) is 15.4. The van der Waals surface area contributed by atoms with Crippen LogP contribution in [0.2, 0.25) is 0 Å². The van der Waals surface area contributed by atoms with E-state index in [1.807, 2.05) is 0 Å². The van der Waals surface area contributed by atoms with Gasteiger partial charge in [0.2, 0.25) is 0 Å². The molecule has 22 heavy (non-hydrogen) atoms. The lowest BCUT2D eigenvalue weighted by atomic mass is 9.88. The molecule has 0 radical (unpaired) electrons. The molecule has 6 heteroatoms. The fraction of sp³-hybridized carbons (Fsp3) is 0.625. The van der Waals surface area contributed by atoms with Crippen LogP contribution >= 0.6 is 28.3 Å². The Kier molecular flexibility index (Phi) is 8.25. The molecule has 0 aromatic heterocycles. The maximum Gasteiger partial charge on any atom is 0.132 e. The topological polar surface area (TPSA) is 15.3 Å². The van der Waals surface area contributed by atoms with Crippen molar-refractivity contribution >= 4 is 28.3 Å². The van der Waals surface area contributed by atoms with Gasteiger partial charge in [0.1, 0.15) is 11.6 Å². The highest BCUT2D eigenvalue weighted by molar-refractivity contribution is 9.10. The third-order valence-electron chi connectivity index (χ3n) is 4.17. The maximum atomic E-state index is 14.4. The molecule has 0 spiro atoms. The quantitative estimate of drug-likeness (QED) is 0.785. The average Bonchev–Trinajstić information content (AvgIpc) is 2.43. The first-order chi connectivity index (χ1) is 10.0. The Hall–Kier alpha value is -0.230. The smallest absolute Gasteiger partial charge is 0.132 e. The van der Waals surface area contributed by atoms with E-state index in [0.29, 0.717) is 4.47 Å². The molecule has 0 amide bonds.